The fraction of sp³-hybridized carbons (Fsp3) is 0.615. The van der Waals surface area contributed by atoms with Gasteiger partial charge in [0.05, 0.1) is 11.2 Å². The second-order valence-electron chi connectivity index (χ2n) is 5.85. The molecule has 0 bridgehead atoms. The van der Waals surface area contributed by atoms with E-state index in [4.69, 9.17) is 9.31 Å². The Labute approximate surface area is 109 Å². The Morgan fingerprint density at radius 3 is 2.17 bits per heavy atom. The van der Waals surface area contributed by atoms with Crippen molar-refractivity contribution in [2.24, 2.45) is 7.05 Å². The molecule has 0 aliphatic carbocycles. The lowest BCUT2D eigenvalue weighted by Gasteiger charge is -2.32. The van der Waals surface area contributed by atoms with Gasteiger partial charge in [-0.3, -0.25) is 0 Å². The Bertz CT molecular complexity index is 510. The van der Waals surface area contributed by atoms with E-state index in [-0.39, 0.29) is 11.2 Å². The molecule has 4 nitrogen and oxygen atoms in total. The van der Waals surface area contributed by atoms with Gasteiger partial charge in [-0.15, -0.1) is 0 Å². The Morgan fingerprint density at radius 2 is 1.72 bits per heavy atom. The van der Waals surface area contributed by atoms with Crippen LogP contribution in [0.25, 0.3) is 0 Å². The van der Waals surface area contributed by atoms with E-state index < -0.39 is 7.12 Å². The van der Waals surface area contributed by atoms with Crippen molar-refractivity contribution in [2.45, 2.75) is 45.8 Å². The highest BCUT2D eigenvalue weighted by atomic mass is 16.7. The highest BCUT2D eigenvalue weighted by molar-refractivity contribution is 6.62. The number of nitrogens with zero attached hydrogens (tertiary/aromatic N) is 2. The van der Waals surface area contributed by atoms with Crippen LogP contribution >= 0.6 is 0 Å². The highest BCUT2D eigenvalue weighted by Crippen LogP contribution is 2.36. The second kappa shape index (κ2) is 3.87. The maximum absolute atomic E-state index is 9.25. The maximum Gasteiger partial charge on any atom is 0.497 e. The van der Waals surface area contributed by atoms with Crippen LogP contribution < -0.4 is 5.46 Å². The molecule has 0 N–H and O–H groups in total. The fourth-order valence-corrected chi connectivity index (χ4v) is 2.05. The first-order chi connectivity index (χ1) is 8.19. The lowest BCUT2D eigenvalue weighted by atomic mass is 9.79. The molecule has 0 amide bonds. The van der Waals surface area contributed by atoms with Gasteiger partial charge < -0.3 is 13.9 Å². The third kappa shape index (κ3) is 1.77. The molecule has 0 saturated carbocycles. The number of aryl methyl sites for hydroxylation is 1. The molecular weight excluding hydrogens is 227 g/mol. The average Bonchev–Trinajstić information content (AvgIpc) is 2.64. The van der Waals surface area contributed by atoms with Crippen molar-refractivity contribution in [1.29, 1.82) is 5.26 Å². The summed E-state index contributed by atoms with van der Waals surface area (Å²) in [6.07, 6.45) is 0. The Balaban J connectivity index is 2.42. The fourth-order valence-electron chi connectivity index (χ4n) is 2.05. The Hall–Kier alpha value is -1.25. The zero-order valence-corrected chi connectivity index (χ0v) is 11.9. The summed E-state index contributed by atoms with van der Waals surface area (Å²) in [5.74, 6) is 0. The molecule has 5 heteroatoms. The number of nitriles is 1. The number of hydrogen-bond donors (Lipinski definition) is 0. The summed E-state index contributed by atoms with van der Waals surface area (Å²) >= 11 is 0. The van der Waals surface area contributed by atoms with Crippen molar-refractivity contribution in [3.8, 4) is 6.07 Å². The smallest absolute Gasteiger partial charge is 0.399 e. The van der Waals surface area contributed by atoms with E-state index in [1.807, 2.05) is 52.3 Å². The van der Waals surface area contributed by atoms with Gasteiger partial charge in [0, 0.05) is 18.2 Å². The monoisotopic (exact) mass is 246 g/mol. The molecule has 2 heterocycles. The summed E-state index contributed by atoms with van der Waals surface area (Å²) in [4.78, 5) is 0. The van der Waals surface area contributed by atoms with Crippen molar-refractivity contribution in [1.82, 2.24) is 4.57 Å². The van der Waals surface area contributed by atoms with Crippen molar-refractivity contribution < 1.29 is 9.31 Å². The summed E-state index contributed by atoms with van der Waals surface area (Å²) in [5.41, 5.74) is 1.68. The molecule has 18 heavy (non-hydrogen) atoms. The Morgan fingerprint density at radius 1 is 1.22 bits per heavy atom. The van der Waals surface area contributed by atoms with Gasteiger partial charge in [-0.2, -0.15) is 5.26 Å². The number of aromatic nitrogens is 1. The van der Waals surface area contributed by atoms with Crippen molar-refractivity contribution in [3.05, 3.63) is 17.5 Å². The van der Waals surface area contributed by atoms with Gasteiger partial charge in [0.15, 0.2) is 0 Å². The van der Waals surface area contributed by atoms with Gasteiger partial charge in [-0.1, -0.05) is 0 Å². The van der Waals surface area contributed by atoms with Gasteiger partial charge in [0.25, 0.3) is 0 Å². The number of rotatable bonds is 1. The molecule has 0 aromatic carbocycles. The molecule has 1 aliphatic rings. The molecule has 1 saturated heterocycles. The molecule has 1 fully saturated rings. The minimum atomic E-state index is -0.468. The van der Waals surface area contributed by atoms with Gasteiger partial charge in [0.2, 0.25) is 0 Å². The van der Waals surface area contributed by atoms with Gasteiger partial charge in [-0.05, 0) is 40.7 Å². The van der Waals surface area contributed by atoms with Crippen LogP contribution in [0.3, 0.4) is 0 Å². The summed E-state index contributed by atoms with van der Waals surface area (Å²) in [5, 5.41) is 9.25. The van der Waals surface area contributed by atoms with E-state index in [1.54, 1.807) is 0 Å². The zero-order chi connectivity index (χ0) is 13.7. The van der Waals surface area contributed by atoms with Gasteiger partial charge in [0.1, 0.15) is 11.8 Å². The summed E-state index contributed by atoms with van der Waals surface area (Å²) in [6.45, 7) is 10.0. The average molecular weight is 246 g/mol. The second-order valence-corrected chi connectivity index (χ2v) is 5.85. The lowest BCUT2D eigenvalue weighted by Crippen LogP contribution is -2.41. The molecule has 1 aromatic rings. The van der Waals surface area contributed by atoms with Crippen LogP contribution in [0, 0.1) is 18.3 Å². The van der Waals surface area contributed by atoms with E-state index in [1.165, 1.54) is 0 Å². The van der Waals surface area contributed by atoms with E-state index >= 15 is 0 Å². The van der Waals surface area contributed by atoms with Gasteiger partial charge in [-0.25, -0.2) is 0 Å². The minimum Gasteiger partial charge on any atom is -0.399 e. The topological polar surface area (TPSA) is 47.2 Å². The van der Waals surface area contributed by atoms with E-state index in [2.05, 4.69) is 6.07 Å². The molecule has 0 spiro atoms. The van der Waals surface area contributed by atoms with Crippen LogP contribution in [0.4, 0.5) is 0 Å². The summed E-state index contributed by atoms with van der Waals surface area (Å²) in [7, 11) is 1.41. The first kappa shape index (κ1) is 13.2. The van der Waals surface area contributed by atoms with Crippen molar-refractivity contribution >= 4 is 12.6 Å². The molecule has 0 atom stereocenters. The van der Waals surface area contributed by atoms with E-state index in [0.717, 1.165) is 11.2 Å². The predicted octanol–water partition coefficient (Wildman–Crippen LogP) is 1.50. The Kier molecular flexibility index (Phi) is 2.84. The van der Waals surface area contributed by atoms with Crippen LogP contribution in [0.15, 0.2) is 6.07 Å². The van der Waals surface area contributed by atoms with Crippen LogP contribution in [0.5, 0.6) is 0 Å². The first-order valence-corrected chi connectivity index (χ1v) is 6.11. The van der Waals surface area contributed by atoms with E-state index in [0.29, 0.717) is 5.69 Å². The molecule has 0 unspecified atom stereocenters. The van der Waals surface area contributed by atoms with Crippen LogP contribution in [0.1, 0.15) is 39.1 Å². The quantitative estimate of drug-likeness (QED) is 0.705. The van der Waals surface area contributed by atoms with Crippen LogP contribution in [-0.2, 0) is 16.4 Å². The molecule has 96 valence electrons. The molecule has 1 aromatic heterocycles. The predicted molar refractivity (Wildman–Crippen MR) is 70.6 cm³/mol. The first-order valence-electron chi connectivity index (χ1n) is 6.11. The zero-order valence-electron chi connectivity index (χ0n) is 11.9. The minimum absolute atomic E-state index is 0.381. The third-order valence-corrected chi connectivity index (χ3v) is 4.12. The van der Waals surface area contributed by atoms with Crippen LogP contribution in [-0.4, -0.2) is 22.9 Å². The van der Waals surface area contributed by atoms with Gasteiger partial charge >= 0.3 is 7.12 Å². The standard InChI is InChI=1S/C13H19BN2O2/c1-9-7-10(11(8-15)16(9)6)14-17-12(2,3)13(4,5)18-14/h7H,1-6H3. The normalized spacial score (nSPS) is 21.1. The van der Waals surface area contributed by atoms with Crippen molar-refractivity contribution in [2.75, 3.05) is 0 Å². The number of hydrogen-bond acceptors (Lipinski definition) is 3. The maximum atomic E-state index is 9.25. The molecule has 0 radical (unpaired) electrons. The molecule has 2 rings (SSSR count). The summed E-state index contributed by atoms with van der Waals surface area (Å²) < 4.78 is 13.8. The lowest BCUT2D eigenvalue weighted by molar-refractivity contribution is 0.00578. The SMILES string of the molecule is Cc1cc(B2OC(C)(C)C(C)(C)O2)c(C#N)n1C. The molecular formula is C13H19BN2O2. The summed E-state index contributed by atoms with van der Waals surface area (Å²) in [6, 6.07) is 4.18. The third-order valence-electron chi connectivity index (χ3n) is 4.12. The van der Waals surface area contributed by atoms with Crippen molar-refractivity contribution in [3.63, 3.8) is 0 Å². The molecule has 1 aliphatic heterocycles. The van der Waals surface area contributed by atoms with E-state index in [9.17, 15) is 5.26 Å². The largest absolute Gasteiger partial charge is 0.497 e. The van der Waals surface area contributed by atoms with Crippen LogP contribution in [0.2, 0.25) is 0 Å². The highest BCUT2D eigenvalue weighted by Gasteiger charge is 2.52.